The number of rotatable bonds is 3. The third-order valence-electron chi connectivity index (χ3n) is 0.864. The van der Waals surface area contributed by atoms with Gasteiger partial charge in [-0.1, -0.05) is 6.08 Å². The van der Waals surface area contributed by atoms with Gasteiger partial charge in [0.1, 0.15) is 4.87 Å². The lowest BCUT2D eigenvalue weighted by Crippen LogP contribution is -2.24. The lowest BCUT2D eigenvalue weighted by Gasteiger charge is -2.08. The summed E-state index contributed by atoms with van der Waals surface area (Å²) in [7, 11) is 0. The summed E-state index contributed by atoms with van der Waals surface area (Å²) in [5, 5.41) is 9.85. The molecule has 0 aliphatic heterocycles. The van der Waals surface area contributed by atoms with Crippen molar-refractivity contribution in [3.63, 3.8) is 0 Å². The lowest BCUT2D eigenvalue weighted by atomic mass is 10.2. The Morgan fingerprint density at radius 3 is 2.56 bits per heavy atom. The molecule has 0 N–H and O–H groups in total. The Labute approximate surface area is 58.5 Å². The van der Waals surface area contributed by atoms with Crippen LogP contribution < -0.4 is 0 Å². The second kappa shape index (κ2) is 2.82. The first kappa shape index (κ1) is 8.43. The largest absolute Gasteiger partial charge is 0.264 e. The topological polar surface area (TPSA) is 43.1 Å². The molecule has 0 aromatic carbocycles. The first-order valence-corrected chi connectivity index (χ1v) is 2.80. The standard InChI is InChI=1S/C5H8ClNO2/c1-3-5(2,6)4-7(8)9/h3H,1,4H2,2H3. The highest BCUT2D eigenvalue weighted by molar-refractivity contribution is 6.25. The average Bonchev–Trinajstić information content (AvgIpc) is 1.63. The smallest absolute Gasteiger partial charge is 0.226 e. The van der Waals surface area contributed by atoms with Gasteiger partial charge in [0.15, 0.2) is 0 Å². The molecule has 0 saturated carbocycles. The quantitative estimate of drug-likeness (QED) is 0.264. The summed E-state index contributed by atoms with van der Waals surface area (Å²) in [6, 6.07) is 0. The van der Waals surface area contributed by atoms with Crippen LogP contribution in [0.15, 0.2) is 12.7 Å². The molecule has 3 nitrogen and oxygen atoms in total. The normalized spacial score (nSPS) is 16.2. The molecule has 0 aliphatic carbocycles. The summed E-state index contributed by atoms with van der Waals surface area (Å²) < 4.78 is 0. The van der Waals surface area contributed by atoms with Gasteiger partial charge in [0, 0.05) is 4.92 Å². The van der Waals surface area contributed by atoms with Crippen molar-refractivity contribution >= 4 is 11.6 Å². The number of nitro groups is 1. The average molecular weight is 150 g/mol. The van der Waals surface area contributed by atoms with Gasteiger partial charge in [0.05, 0.1) is 0 Å². The van der Waals surface area contributed by atoms with Crippen molar-refractivity contribution in [2.45, 2.75) is 11.8 Å². The molecule has 0 bridgehead atoms. The Bertz CT molecular complexity index is 133. The Morgan fingerprint density at radius 2 is 2.44 bits per heavy atom. The second-order valence-corrected chi connectivity index (χ2v) is 2.84. The molecular formula is C5H8ClNO2. The van der Waals surface area contributed by atoms with Crippen molar-refractivity contribution in [2.75, 3.05) is 6.54 Å². The minimum Gasteiger partial charge on any atom is -0.264 e. The van der Waals surface area contributed by atoms with E-state index >= 15 is 0 Å². The van der Waals surface area contributed by atoms with Crippen LogP contribution in [0.1, 0.15) is 6.92 Å². The summed E-state index contributed by atoms with van der Waals surface area (Å²) >= 11 is 5.56. The van der Waals surface area contributed by atoms with Gasteiger partial charge in [-0.3, -0.25) is 10.1 Å². The zero-order valence-corrected chi connectivity index (χ0v) is 5.89. The van der Waals surface area contributed by atoms with Gasteiger partial charge in [0.25, 0.3) is 0 Å². The maximum absolute atomic E-state index is 9.85. The maximum Gasteiger partial charge on any atom is 0.226 e. The molecule has 0 aromatic rings. The Balaban J connectivity index is 3.86. The van der Waals surface area contributed by atoms with E-state index in [-0.39, 0.29) is 6.54 Å². The summed E-state index contributed by atoms with van der Waals surface area (Å²) in [6.07, 6.45) is 1.36. The van der Waals surface area contributed by atoms with E-state index in [2.05, 4.69) is 6.58 Å². The van der Waals surface area contributed by atoms with E-state index < -0.39 is 9.80 Å². The number of hydrogen-bond acceptors (Lipinski definition) is 2. The number of alkyl halides is 1. The molecule has 1 atom stereocenters. The van der Waals surface area contributed by atoms with Crippen molar-refractivity contribution in [1.82, 2.24) is 0 Å². The highest BCUT2D eigenvalue weighted by Gasteiger charge is 2.22. The van der Waals surface area contributed by atoms with Crippen LogP contribution in [0.3, 0.4) is 0 Å². The first-order valence-electron chi connectivity index (χ1n) is 2.42. The molecule has 0 fully saturated rings. The monoisotopic (exact) mass is 149 g/mol. The van der Waals surface area contributed by atoms with Crippen LogP contribution in [-0.4, -0.2) is 16.3 Å². The van der Waals surface area contributed by atoms with Crippen LogP contribution in [0, 0.1) is 10.1 Å². The molecule has 0 spiro atoms. The molecule has 0 saturated heterocycles. The minimum atomic E-state index is -0.899. The van der Waals surface area contributed by atoms with Crippen molar-refractivity contribution in [2.24, 2.45) is 0 Å². The van der Waals surface area contributed by atoms with Gasteiger partial charge in [-0.05, 0) is 6.92 Å². The Hall–Kier alpha value is -0.570. The number of hydrogen-bond donors (Lipinski definition) is 0. The van der Waals surface area contributed by atoms with Crippen molar-refractivity contribution in [3.8, 4) is 0 Å². The van der Waals surface area contributed by atoms with Crippen LogP contribution in [-0.2, 0) is 0 Å². The van der Waals surface area contributed by atoms with Crippen LogP contribution in [0.25, 0.3) is 0 Å². The van der Waals surface area contributed by atoms with Crippen molar-refractivity contribution < 1.29 is 4.92 Å². The molecule has 0 heterocycles. The van der Waals surface area contributed by atoms with Gasteiger partial charge in [0.2, 0.25) is 6.54 Å². The zero-order valence-electron chi connectivity index (χ0n) is 5.13. The predicted octanol–water partition coefficient (Wildman–Crippen LogP) is 1.45. The van der Waals surface area contributed by atoms with Crippen molar-refractivity contribution in [3.05, 3.63) is 22.8 Å². The van der Waals surface area contributed by atoms with Gasteiger partial charge in [-0.2, -0.15) is 0 Å². The molecule has 0 aliphatic rings. The van der Waals surface area contributed by atoms with Gasteiger partial charge < -0.3 is 0 Å². The molecule has 1 unspecified atom stereocenters. The third-order valence-corrected chi connectivity index (χ3v) is 1.14. The Kier molecular flexibility index (Phi) is 2.65. The SMILES string of the molecule is C=CC(C)(Cl)C[N+](=O)[O-]. The zero-order chi connectivity index (χ0) is 7.49. The van der Waals surface area contributed by atoms with E-state index in [9.17, 15) is 10.1 Å². The number of nitrogens with zero attached hydrogens (tertiary/aromatic N) is 1. The van der Waals surface area contributed by atoms with E-state index in [1.807, 2.05) is 0 Å². The third kappa shape index (κ3) is 3.97. The minimum absolute atomic E-state index is 0.280. The maximum atomic E-state index is 9.85. The summed E-state index contributed by atoms with van der Waals surface area (Å²) in [5.74, 6) is 0. The van der Waals surface area contributed by atoms with Crippen molar-refractivity contribution in [1.29, 1.82) is 0 Å². The summed E-state index contributed by atoms with van der Waals surface area (Å²) in [5.41, 5.74) is 0. The predicted molar refractivity (Wildman–Crippen MR) is 36.3 cm³/mol. The van der Waals surface area contributed by atoms with E-state index in [1.54, 1.807) is 6.92 Å². The fraction of sp³-hybridized carbons (Fsp3) is 0.600. The van der Waals surface area contributed by atoms with E-state index in [0.717, 1.165) is 0 Å². The van der Waals surface area contributed by atoms with Crippen LogP contribution in [0.5, 0.6) is 0 Å². The fourth-order valence-corrected chi connectivity index (χ4v) is 0.415. The summed E-state index contributed by atoms with van der Waals surface area (Å²) in [6.45, 7) is 4.62. The Morgan fingerprint density at radius 1 is 2.00 bits per heavy atom. The lowest BCUT2D eigenvalue weighted by molar-refractivity contribution is -0.482. The molecule has 0 amide bonds. The molecule has 4 heteroatoms. The van der Waals surface area contributed by atoms with Crippen LogP contribution in [0.4, 0.5) is 0 Å². The second-order valence-electron chi connectivity index (χ2n) is 1.97. The van der Waals surface area contributed by atoms with E-state index in [0.29, 0.717) is 0 Å². The van der Waals surface area contributed by atoms with Gasteiger partial charge in [-0.25, -0.2) is 0 Å². The molecule has 0 aromatic heterocycles. The molecule has 9 heavy (non-hydrogen) atoms. The van der Waals surface area contributed by atoms with Crippen LogP contribution in [0.2, 0.25) is 0 Å². The molecular weight excluding hydrogens is 142 g/mol. The fourth-order valence-electron chi connectivity index (χ4n) is 0.317. The highest BCUT2D eigenvalue weighted by Crippen LogP contribution is 2.14. The van der Waals surface area contributed by atoms with Gasteiger partial charge >= 0.3 is 0 Å². The molecule has 0 radical (unpaired) electrons. The van der Waals surface area contributed by atoms with Crippen LogP contribution >= 0.6 is 11.6 Å². The van der Waals surface area contributed by atoms with E-state index in [1.165, 1.54) is 6.08 Å². The number of halogens is 1. The molecule has 0 rings (SSSR count). The van der Waals surface area contributed by atoms with E-state index in [4.69, 9.17) is 11.6 Å². The summed E-state index contributed by atoms with van der Waals surface area (Å²) in [4.78, 5) is 8.48. The first-order chi connectivity index (χ1) is 3.98. The van der Waals surface area contributed by atoms with Gasteiger partial charge in [-0.15, -0.1) is 18.2 Å². The molecule has 52 valence electrons. The highest BCUT2D eigenvalue weighted by atomic mass is 35.5.